The monoisotopic (exact) mass is 284 g/mol. The zero-order valence-electron chi connectivity index (χ0n) is 11.9. The third-order valence-corrected chi connectivity index (χ3v) is 3.58. The minimum Gasteiger partial charge on any atom is -0.311 e. The Morgan fingerprint density at radius 3 is 2.76 bits per heavy atom. The van der Waals surface area contributed by atoms with Gasteiger partial charge >= 0.3 is 0 Å². The molecule has 0 spiro atoms. The van der Waals surface area contributed by atoms with Crippen LogP contribution >= 0.6 is 0 Å². The van der Waals surface area contributed by atoms with Crippen LogP contribution in [0.2, 0.25) is 0 Å². The molecule has 6 nitrogen and oxygen atoms in total. The number of hydrogen-bond acceptors (Lipinski definition) is 3. The number of nitrogens with one attached hydrogen (secondary N) is 2. The van der Waals surface area contributed by atoms with E-state index >= 15 is 0 Å². The maximum absolute atomic E-state index is 12.0. The zero-order valence-corrected chi connectivity index (χ0v) is 11.9. The lowest BCUT2D eigenvalue weighted by Gasteiger charge is -2.24. The number of carbonyl (C=O) groups excluding carboxylic acids is 2. The summed E-state index contributed by atoms with van der Waals surface area (Å²) in [6.07, 6.45) is 0.343. The summed E-state index contributed by atoms with van der Waals surface area (Å²) >= 11 is 0. The Bertz CT molecular complexity index is 706. The molecule has 1 aromatic heterocycles. The van der Waals surface area contributed by atoms with Gasteiger partial charge in [-0.2, -0.15) is 5.10 Å². The Morgan fingerprint density at radius 2 is 2.10 bits per heavy atom. The molecule has 2 aromatic rings. The number of carbonyl (C=O) groups is 2. The molecule has 0 saturated carbocycles. The van der Waals surface area contributed by atoms with Gasteiger partial charge in [-0.25, -0.2) is 0 Å². The van der Waals surface area contributed by atoms with E-state index in [9.17, 15) is 9.59 Å². The van der Waals surface area contributed by atoms with Gasteiger partial charge in [0.25, 0.3) is 0 Å². The van der Waals surface area contributed by atoms with Gasteiger partial charge in [-0.15, -0.1) is 0 Å². The Hall–Kier alpha value is -2.63. The van der Waals surface area contributed by atoms with E-state index in [0.717, 1.165) is 11.1 Å². The van der Waals surface area contributed by atoms with E-state index in [1.807, 2.05) is 30.3 Å². The van der Waals surface area contributed by atoms with Crippen LogP contribution < -0.4 is 10.6 Å². The highest BCUT2D eigenvalue weighted by molar-refractivity contribution is 5.97. The van der Waals surface area contributed by atoms with Crippen LogP contribution in [0.1, 0.15) is 30.4 Å². The second-order valence-electron chi connectivity index (χ2n) is 5.13. The average Bonchev–Trinajstić information content (AvgIpc) is 2.75. The van der Waals surface area contributed by atoms with Crippen LogP contribution in [0.5, 0.6) is 0 Å². The van der Waals surface area contributed by atoms with E-state index in [4.69, 9.17) is 0 Å². The highest BCUT2D eigenvalue weighted by Gasteiger charge is 2.33. The predicted octanol–water partition coefficient (Wildman–Crippen LogP) is 1.85. The minimum atomic E-state index is -0.181. The van der Waals surface area contributed by atoms with E-state index in [-0.39, 0.29) is 17.7 Å². The van der Waals surface area contributed by atoms with Crippen molar-refractivity contribution in [3.63, 3.8) is 0 Å². The number of aromatic nitrogens is 2. The number of rotatable bonds is 2. The Kier molecular flexibility index (Phi) is 3.21. The van der Waals surface area contributed by atoms with Crippen LogP contribution in [-0.2, 0) is 16.6 Å². The molecule has 1 unspecified atom stereocenters. The lowest BCUT2D eigenvalue weighted by atomic mass is 9.86. The summed E-state index contributed by atoms with van der Waals surface area (Å²) in [4.78, 5) is 23.3. The van der Waals surface area contributed by atoms with Gasteiger partial charge in [0.05, 0.1) is 0 Å². The van der Waals surface area contributed by atoms with E-state index in [1.54, 1.807) is 11.7 Å². The topological polar surface area (TPSA) is 76.0 Å². The molecule has 0 fully saturated rings. The van der Waals surface area contributed by atoms with E-state index in [1.165, 1.54) is 6.92 Å². The Labute approximate surface area is 122 Å². The van der Waals surface area contributed by atoms with Crippen molar-refractivity contribution >= 4 is 23.5 Å². The van der Waals surface area contributed by atoms with Crippen LogP contribution in [0.4, 0.5) is 11.6 Å². The molecular formula is C15H16N4O2. The van der Waals surface area contributed by atoms with Crippen molar-refractivity contribution in [1.82, 2.24) is 9.78 Å². The molecule has 0 saturated heterocycles. The number of aryl methyl sites for hydroxylation is 1. The maximum Gasteiger partial charge on any atom is 0.226 e. The fourth-order valence-electron chi connectivity index (χ4n) is 2.72. The molecule has 1 aromatic carbocycles. The van der Waals surface area contributed by atoms with Crippen LogP contribution in [0, 0.1) is 0 Å². The molecule has 108 valence electrons. The first-order valence-corrected chi connectivity index (χ1v) is 6.75. The Balaban J connectivity index is 2.14. The third-order valence-electron chi connectivity index (χ3n) is 3.58. The normalized spacial score (nSPS) is 17.0. The molecular weight excluding hydrogens is 268 g/mol. The first kappa shape index (κ1) is 13.4. The Morgan fingerprint density at radius 1 is 1.38 bits per heavy atom. The van der Waals surface area contributed by atoms with Crippen LogP contribution in [0.3, 0.4) is 0 Å². The SMILES string of the molecule is CC(=O)Nc1nn(C)c2c1C(c1ccccc1)CC(=O)N2. The molecule has 2 heterocycles. The molecule has 21 heavy (non-hydrogen) atoms. The van der Waals surface area contributed by atoms with E-state index < -0.39 is 0 Å². The highest BCUT2D eigenvalue weighted by Crippen LogP contribution is 2.41. The number of amides is 2. The average molecular weight is 284 g/mol. The number of benzene rings is 1. The molecule has 6 heteroatoms. The van der Waals surface area contributed by atoms with Gasteiger partial charge in [0.15, 0.2) is 5.82 Å². The zero-order chi connectivity index (χ0) is 15.0. The van der Waals surface area contributed by atoms with Crippen molar-refractivity contribution in [2.75, 3.05) is 10.6 Å². The van der Waals surface area contributed by atoms with Crippen molar-refractivity contribution in [3.05, 3.63) is 41.5 Å². The van der Waals surface area contributed by atoms with E-state index in [0.29, 0.717) is 18.1 Å². The van der Waals surface area contributed by atoms with Gasteiger partial charge < -0.3 is 10.6 Å². The second kappa shape index (κ2) is 5.05. The number of nitrogens with zero attached hydrogens (tertiary/aromatic N) is 2. The predicted molar refractivity (Wildman–Crippen MR) is 79.0 cm³/mol. The highest BCUT2D eigenvalue weighted by atomic mass is 16.2. The standard InChI is InChI=1S/C15H16N4O2/c1-9(20)16-14-13-11(10-6-4-3-5-7-10)8-12(21)17-15(13)19(2)18-14/h3-7,11H,8H2,1-2H3,(H,17,21)(H,16,18,20). The van der Waals surface area contributed by atoms with Crippen LogP contribution in [0.25, 0.3) is 0 Å². The molecule has 1 aliphatic rings. The van der Waals surface area contributed by atoms with Crippen molar-refractivity contribution in [1.29, 1.82) is 0 Å². The largest absolute Gasteiger partial charge is 0.311 e. The summed E-state index contributed by atoms with van der Waals surface area (Å²) in [5.41, 5.74) is 1.90. The summed E-state index contributed by atoms with van der Waals surface area (Å²) in [6, 6.07) is 9.78. The minimum absolute atomic E-state index is 0.0475. The first-order valence-electron chi connectivity index (χ1n) is 6.75. The van der Waals surface area contributed by atoms with Gasteiger partial charge in [0, 0.05) is 31.9 Å². The maximum atomic E-state index is 12.0. The van der Waals surface area contributed by atoms with Crippen LogP contribution in [-0.4, -0.2) is 21.6 Å². The third kappa shape index (κ3) is 2.40. The van der Waals surface area contributed by atoms with Crippen molar-refractivity contribution in [2.24, 2.45) is 7.05 Å². The molecule has 2 amide bonds. The van der Waals surface area contributed by atoms with Crippen molar-refractivity contribution < 1.29 is 9.59 Å². The summed E-state index contributed by atoms with van der Waals surface area (Å²) < 4.78 is 1.59. The first-order chi connectivity index (χ1) is 10.1. The molecule has 0 radical (unpaired) electrons. The molecule has 0 aliphatic carbocycles. The molecule has 1 aliphatic heterocycles. The molecule has 2 N–H and O–H groups in total. The number of fused-ring (bicyclic) bond motifs is 1. The number of hydrogen-bond donors (Lipinski definition) is 2. The molecule has 3 rings (SSSR count). The quantitative estimate of drug-likeness (QED) is 0.883. The van der Waals surface area contributed by atoms with Gasteiger partial charge in [-0.3, -0.25) is 14.3 Å². The lowest BCUT2D eigenvalue weighted by Crippen LogP contribution is -2.25. The summed E-state index contributed by atoms with van der Waals surface area (Å²) in [6.45, 7) is 1.44. The van der Waals surface area contributed by atoms with Crippen molar-refractivity contribution in [2.45, 2.75) is 19.3 Å². The van der Waals surface area contributed by atoms with E-state index in [2.05, 4.69) is 15.7 Å². The van der Waals surface area contributed by atoms with Crippen LogP contribution in [0.15, 0.2) is 30.3 Å². The van der Waals surface area contributed by atoms with Crippen molar-refractivity contribution in [3.8, 4) is 0 Å². The fourth-order valence-corrected chi connectivity index (χ4v) is 2.72. The van der Waals surface area contributed by atoms with Gasteiger partial charge in [-0.05, 0) is 5.56 Å². The summed E-state index contributed by atoms with van der Waals surface area (Å²) in [7, 11) is 1.75. The summed E-state index contributed by atoms with van der Waals surface area (Å²) in [5.74, 6) is 0.816. The smallest absolute Gasteiger partial charge is 0.226 e. The summed E-state index contributed by atoms with van der Waals surface area (Å²) in [5, 5.41) is 9.89. The number of anilines is 2. The van der Waals surface area contributed by atoms with Gasteiger partial charge in [-0.1, -0.05) is 30.3 Å². The fraction of sp³-hybridized carbons (Fsp3) is 0.267. The van der Waals surface area contributed by atoms with Gasteiger partial charge in [0.1, 0.15) is 5.82 Å². The second-order valence-corrected chi connectivity index (χ2v) is 5.13. The molecule has 0 bridgehead atoms. The molecule has 1 atom stereocenters. The van der Waals surface area contributed by atoms with Gasteiger partial charge in [0.2, 0.25) is 11.8 Å². The lowest BCUT2D eigenvalue weighted by molar-refractivity contribution is -0.116.